The van der Waals surface area contributed by atoms with Crippen molar-refractivity contribution in [2.75, 3.05) is 13.1 Å². The Morgan fingerprint density at radius 3 is 2.54 bits per heavy atom. The smallest absolute Gasteiger partial charge is 0.157 e. The summed E-state index contributed by atoms with van der Waals surface area (Å²) in [6, 6.07) is 0. The summed E-state index contributed by atoms with van der Waals surface area (Å²) in [6.45, 7) is 7.20. The summed E-state index contributed by atoms with van der Waals surface area (Å²) in [4.78, 5) is 0. The van der Waals surface area contributed by atoms with E-state index in [1.165, 1.54) is 0 Å². The molecule has 1 fully saturated rings. The van der Waals surface area contributed by atoms with Crippen LogP contribution in [0.3, 0.4) is 0 Å². The monoisotopic (exact) mass is 205 g/mol. The van der Waals surface area contributed by atoms with E-state index in [0.29, 0.717) is 6.54 Å². The van der Waals surface area contributed by atoms with Crippen LogP contribution in [0.4, 0.5) is 0 Å². The lowest BCUT2D eigenvalue weighted by atomic mass is 10.1. The first-order valence-electron chi connectivity index (χ1n) is 4.89. The number of hydrogen-bond donors (Lipinski definition) is 1. The van der Waals surface area contributed by atoms with Crippen molar-refractivity contribution in [1.82, 2.24) is 5.32 Å². The van der Waals surface area contributed by atoms with E-state index >= 15 is 0 Å². The van der Waals surface area contributed by atoms with Crippen LogP contribution in [0.1, 0.15) is 27.2 Å². The Morgan fingerprint density at radius 1 is 1.38 bits per heavy atom. The number of sulfone groups is 1. The van der Waals surface area contributed by atoms with E-state index < -0.39 is 9.84 Å². The molecule has 0 aromatic carbocycles. The van der Waals surface area contributed by atoms with E-state index in [0.717, 1.165) is 13.0 Å². The second-order valence-electron chi connectivity index (χ2n) is 4.17. The molecule has 78 valence electrons. The number of nitrogens with one attached hydrogen (secondary N) is 1. The van der Waals surface area contributed by atoms with E-state index in [4.69, 9.17) is 0 Å². The summed E-state index contributed by atoms with van der Waals surface area (Å²) >= 11 is 0. The van der Waals surface area contributed by atoms with Crippen molar-refractivity contribution in [2.45, 2.75) is 37.7 Å². The van der Waals surface area contributed by atoms with Gasteiger partial charge in [0.2, 0.25) is 0 Å². The molecule has 0 amide bonds. The van der Waals surface area contributed by atoms with Crippen molar-refractivity contribution < 1.29 is 8.42 Å². The van der Waals surface area contributed by atoms with E-state index in [1.807, 2.05) is 20.8 Å². The van der Waals surface area contributed by atoms with Crippen molar-refractivity contribution in [3.05, 3.63) is 0 Å². The molecule has 1 rings (SSSR count). The fourth-order valence-corrected chi connectivity index (χ4v) is 3.90. The van der Waals surface area contributed by atoms with Gasteiger partial charge >= 0.3 is 0 Å². The predicted molar refractivity (Wildman–Crippen MR) is 54.5 cm³/mol. The Morgan fingerprint density at radius 2 is 2.00 bits per heavy atom. The van der Waals surface area contributed by atoms with Crippen molar-refractivity contribution in [3.8, 4) is 0 Å². The van der Waals surface area contributed by atoms with Gasteiger partial charge in [-0.1, -0.05) is 13.8 Å². The molecular weight excluding hydrogens is 186 g/mol. The molecule has 0 bridgehead atoms. The van der Waals surface area contributed by atoms with Crippen LogP contribution in [0.25, 0.3) is 0 Å². The fourth-order valence-electron chi connectivity index (χ4n) is 1.74. The Balaban J connectivity index is 2.92. The number of rotatable bonds is 1. The summed E-state index contributed by atoms with van der Waals surface area (Å²) in [6.07, 6.45) is 0.742. The first-order chi connectivity index (χ1) is 5.96. The molecule has 1 heterocycles. The van der Waals surface area contributed by atoms with Crippen molar-refractivity contribution in [3.63, 3.8) is 0 Å². The van der Waals surface area contributed by atoms with Gasteiger partial charge in [-0.2, -0.15) is 0 Å². The molecule has 0 radical (unpaired) electrons. The third-order valence-corrected chi connectivity index (χ3v) is 5.71. The molecule has 4 heteroatoms. The van der Waals surface area contributed by atoms with Gasteiger partial charge in [-0.05, 0) is 25.8 Å². The minimum atomic E-state index is -2.90. The molecule has 13 heavy (non-hydrogen) atoms. The molecule has 1 aliphatic heterocycles. The second-order valence-corrected chi connectivity index (χ2v) is 6.76. The lowest BCUT2D eigenvalue weighted by Gasteiger charge is -2.21. The molecule has 2 unspecified atom stereocenters. The molecule has 2 atom stereocenters. The fraction of sp³-hybridized carbons (Fsp3) is 1.00. The quantitative estimate of drug-likeness (QED) is 0.689. The molecule has 0 aliphatic carbocycles. The first-order valence-corrected chi connectivity index (χ1v) is 6.50. The van der Waals surface area contributed by atoms with Crippen LogP contribution < -0.4 is 5.32 Å². The maximum Gasteiger partial charge on any atom is 0.157 e. The summed E-state index contributed by atoms with van der Waals surface area (Å²) in [7, 11) is -2.90. The third kappa shape index (κ3) is 2.23. The SMILES string of the molecule is CC(C)C1CNCCC(C)S1(=O)=O. The van der Waals surface area contributed by atoms with Crippen molar-refractivity contribution in [2.24, 2.45) is 5.92 Å². The molecule has 1 saturated heterocycles. The highest BCUT2D eigenvalue weighted by atomic mass is 32.2. The molecule has 0 aromatic heterocycles. The molecule has 1 N–H and O–H groups in total. The van der Waals surface area contributed by atoms with Crippen molar-refractivity contribution in [1.29, 1.82) is 0 Å². The minimum absolute atomic E-state index is 0.185. The summed E-state index contributed by atoms with van der Waals surface area (Å²) in [5.74, 6) is 0.207. The van der Waals surface area contributed by atoms with Gasteiger partial charge in [-0.3, -0.25) is 0 Å². The molecule has 0 saturated carbocycles. The zero-order chi connectivity index (χ0) is 10.1. The molecular formula is C9H19NO2S. The Bertz CT molecular complexity index is 259. The standard InChI is InChI=1S/C9H19NO2S/c1-7(2)9-6-10-5-4-8(3)13(9,11)12/h7-10H,4-6H2,1-3H3. The highest BCUT2D eigenvalue weighted by molar-refractivity contribution is 7.92. The van der Waals surface area contributed by atoms with Crippen LogP contribution in [0, 0.1) is 5.92 Å². The zero-order valence-electron chi connectivity index (χ0n) is 8.58. The van der Waals surface area contributed by atoms with E-state index in [2.05, 4.69) is 5.32 Å². The third-order valence-electron chi connectivity index (χ3n) is 2.80. The van der Waals surface area contributed by atoms with Gasteiger partial charge in [0.1, 0.15) is 0 Å². The lowest BCUT2D eigenvalue weighted by molar-refractivity contribution is 0.517. The van der Waals surface area contributed by atoms with Crippen LogP contribution in [0.2, 0.25) is 0 Å². The van der Waals surface area contributed by atoms with Crippen LogP contribution in [0.5, 0.6) is 0 Å². The first kappa shape index (κ1) is 11.0. The molecule has 0 spiro atoms. The summed E-state index contributed by atoms with van der Waals surface area (Å²) < 4.78 is 23.9. The predicted octanol–water partition coefficient (Wildman–Crippen LogP) is 0.808. The second kappa shape index (κ2) is 3.96. The largest absolute Gasteiger partial charge is 0.315 e. The summed E-state index contributed by atoms with van der Waals surface area (Å²) in [5.41, 5.74) is 0. The van der Waals surface area contributed by atoms with Gasteiger partial charge in [-0.15, -0.1) is 0 Å². The van der Waals surface area contributed by atoms with Crippen LogP contribution in [-0.2, 0) is 9.84 Å². The Kier molecular flexibility index (Phi) is 3.35. The van der Waals surface area contributed by atoms with Crippen LogP contribution in [-0.4, -0.2) is 32.0 Å². The van der Waals surface area contributed by atoms with Gasteiger partial charge in [-0.25, -0.2) is 8.42 Å². The maximum absolute atomic E-state index is 11.9. The molecule has 0 aromatic rings. The highest BCUT2D eigenvalue weighted by Crippen LogP contribution is 2.20. The normalized spacial score (nSPS) is 34.5. The topological polar surface area (TPSA) is 46.2 Å². The van der Waals surface area contributed by atoms with Gasteiger partial charge in [0, 0.05) is 6.54 Å². The van der Waals surface area contributed by atoms with E-state index in [1.54, 1.807) is 0 Å². The molecule has 3 nitrogen and oxygen atoms in total. The Hall–Kier alpha value is -0.0900. The minimum Gasteiger partial charge on any atom is -0.315 e. The van der Waals surface area contributed by atoms with Gasteiger partial charge in [0.15, 0.2) is 9.84 Å². The average Bonchev–Trinajstić information content (AvgIpc) is 2.12. The van der Waals surface area contributed by atoms with Gasteiger partial charge in [0.25, 0.3) is 0 Å². The highest BCUT2D eigenvalue weighted by Gasteiger charge is 2.34. The zero-order valence-corrected chi connectivity index (χ0v) is 9.39. The van der Waals surface area contributed by atoms with E-state index in [9.17, 15) is 8.42 Å². The van der Waals surface area contributed by atoms with Gasteiger partial charge in [0.05, 0.1) is 10.5 Å². The van der Waals surface area contributed by atoms with Crippen molar-refractivity contribution >= 4 is 9.84 Å². The van der Waals surface area contributed by atoms with Gasteiger partial charge < -0.3 is 5.32 Å². The van der Waals surface area contributed by atoms with E-state index in [-0.39, 0.29) is 16.4 Å². The summed E-state index contributed by atoms with van der Waals surface area (Å²) in [5, 5.41) is 2.80. The number of hydrogen-bond acceptors (Lipinski definition) is 3. The average molecular weight is 205 g/mol. The lowest BCUT2D eigenvalue weighted by Crippen LogP contribution is -2.37. The van der Waals surface area contributed by atoms with Crippen LogP contribution in [0.15, 0.2) is 0 Å². The Labute approximate surface area is 80.8 Å². The molecule has 1 aliphatic rings. The van der Waals surface area contributed by atoms with Crippen LogP contribution >= 0.6 is 0 Å². The maximum atomic E-state index is 11.9.